The van der Waals surface area contributed by atoms with Gasteiger partial charge >= 0.3 is 6.18 Å². The van der Waals surface area contributed by atoms with Gasteiger partial charge in [0, 0.05) is 12.5 Å². The Balaban J connectivity index is 0.00000529. The molecule has 0 fully saturated rings. The molecule has 1 amide bonds. The topological polar surface area (TPSA) is 101 Å². The van der Waals surface area contributed by atoms with Gasteiger partial charge in [0.05, 0.1) is 23.2 Å². The third kappa shape index (κ3) is 7.84. The molecule has 0 aliphatic carbocycles. The molecule has 1 rings (SSSR count). The zero-order valence-corrected chi connectivity index (χ0v) is 14.6. The maximum atomic E-state index is 12.8. The Morgan fingerprint density at radius 3 is 2.33 bits per heavy atom. The highest BCUT2D eigenvalue weighted by atomic mass is 35.5. The average Bonchev–Trinajstić information content (AvgIpc) is 2.35. The molecule has 0 bridgehead atoms. The molecule has 11 heteroatoms. The summed E-state index contributed by atoms with van der Waals surface area (Å²) in [5.41, 5.74) is 4.10. The monoisotopic (exact) mass is 389 g/mol. The van der Waals surface area contributed by atoms with Crippen LogP contribution in [0.2, 0.25) is 0 Å². The number of hydrogen-bond acceptors (Lipinski definition) is 4. The summed E-state index contributed by atoms with van der Waals surface area (Å²) in [5, 5.41) is 2.28. The lowest BCUT2D eigenvalue weighted by Crippen LogP contribution is -2.20. The number of carbonyl (C=O) groups is 1. The molecule has 0 heterocycles. The zero-order chi connectivity index (χ0) is 17.8. The van der Waals surface area contributed by atoms with Gasteiger partial charge in [-0.2, -0.15) is 13.2 Å². The summed E-state index contributed by atoms with van der Waals surface area (Å²) in [6.45, 7) is 1.69. The smallest absolute Gasteiger partial charge is 0.328 e. The number of sulfonamides is 1. The van der Waals surface area contributed by atoms with Gasteiger partial charge in [-0.05, 0) is 31.5 Å². The number of benzene rings is 1. The molecule has 0 saturated carbocycles. The quantitative estimate of drug-likeness (QED) is 0.695. The summed E-state index contributed by atoms with van der Waals surface area (Å²) in [4.78, 5) is 11.8. The van der Waals surface area contributed by atoms with E-state index < -0.39 is 27.7 Å². The third-order valence-corrected chi connectivity index (χ3v) is 3.33. The molecular weight excluding hydrogens is 371 g/mol. The molecule has 4 N–H and O–H groups in total. The standard InChI is InChI=1S/C13H18F3N3O3S.ClH/c1-8(17)3-6-12(20)18-11-7-9(13(14,15)16)4-5-10(11)19-23(2,21)22;/h4-5,7-8,19H,3,6,17H2,1-2H3,(H,18,20);1H. The van der Waals surface area contributed by atoms with Crippen molar-refractivity contribution in [2.45, 2.75) is 32.0 Å². The van der Waals surface area contributed by atoms with Crippen molar-refractivity contribution < 1.29 is 26.4 Å². The number of nitrogens with two attached hydrogens (primary N) is 1. The Morgan fingerprint density at radius 1 is 1.29 bits per heavy atom. The van der Waals surface area contributed by atoms with Crippen LogP contribution in [0.15, 0.2) is 18.2 Å². The first-order chi connectivity index (χ1) is 10.4. The molecule has 0 aliphatic heterocycles. The Morgan fingerprint density at radius 2 is 1.88 bits per heavy atom. The Bertz CT molecular complexity index is 679. The van der Waals surface area contributed by atoms with Gasteiger partial charge in [0.15, 0.2) is 0 Å². The first kappa shape index (κ1) is 22.5. The van der Waals surface area contributed by atoms with Crippen molar-refractivity contribution in [2.75, 3.05) is 16.3 Å². The lowest BCUT2D eigenvalue weighted by molar-refractivity contribution is -0.137. The molecule has 24 heavy (non-hydrogen) atoms. The largest absolute Gasteiger partial charge is 0.416 e. The lowest BCUT2D eigenvalue weighted by Gasteiger charge is -2.15. The van der Waals surface area contributed by atoms with Crippen molar-refractivity contribution in [3.8, 4) is 0 Å². The van der Waals surface area contributed by atoms with Crippen LogP contribution in [0.4, 0.5) is 24.5 Å². The molecule has 0 saturated heterocycles. The van der Waals surface area contributed by atoms with E-state index in [2.05, 4.69) is 10.0 Å². The van der Waals surface area contributed by atoms with Crippen molar-refractivity contribution in [1.82, 2.24) is 0 Å². The summed E-state index contributed by atoms with van der Waals surface area (Å²) in [6.07, 6.45) is -3.41. The number of nitrogens with one attached hydrogen (secondary N) is 2. The number of halogens is 4. The Kier molecular flexibility index (Phi) is 8.00. The molecule has 0 aliphatic rings. The van der Waals surface area contributed by atoms with Gasteiger partial charge in [0.2, 0.25) is 15.9 Å². The number of amides is 1. The van der Waals surface area contributed by atoms with E-state index in [-0.39, 0.29) is 36.2 Å². The fraction of sp³-hybridized carbons (Fsp3) is 0.462. The number of rotatable bonds is 6. The summed E-state index contributed by atoms with van der Waals surface area (Å²) >= 11 is 0. The van der Waals surface area contributed by atoms with Gasteiger partial charge in [-0.1, -0.05) is 0 Å². The second kappa shape index (κ2) is 8.54. The van der Waals surface area contributed by atoms with Crippen LogP contribution in [-0.2, 0) is 21.0 Å². The van der Waals surface area contributed by atoms with E-state index in [1.54, 1.807) is 6.92 Å². The molecule has 1 aromatic carbocycles. The van der Waals surface area contributed by atoms with Crippen LogP contribution in [0.1, 0.15) is 25.3 Å². The summed E-state index contributed by atoms with van der Waals surface area (Å²) in [6, 6.07) is 2.11. The minimum Gasteiger partial charge on any atom is -0.328 e. The maximum Gasteiger partial charge on any atom is 0.416 e. The van der Waals surface area contributed by atoms with Gasteiger partial charge in [0.1, 0.15) is 0 Å². The SMILES string of the molecule is CC(N)CCC(=O)Nc1cc(C(F)(F)F)ccc1NS(C)(=O)=O.Cl. The number of anilines is 2. The fourth-order valence-electron chi connectivity index (χ4n) is 1.68. The minimum atomic E-state index is -4.62. The number of hydrogen-bond donors (Lipinski definition) is 3. The first-order valence-electron chi connectivity index (χ1n) is 6.63. The molecule has 1 atom stereocenters. The van der Waals surface area contributed by atoms with Crippen LogP contribution < -0.4 is 15.8 Å². The summed E-state index contributed by atoms with van der Waals surface area (Å²) in [5.74, 6) is -0.557. The van der Waals surface area contributed by atoms with Crippen LogP contribution >= 0.6 is 12.4 Å². The molecule has 0 radical (unpaired) electrons. The molecule has 0 spiro atoms. The van der Waals surface area contributed by atoms with Gasteiger partial charge in [-0.25, -0.2) is 8.42 Å². The fourth-order valence-corrected chi connectivity index (χ4v) is 2.26. The van der Waals surface area contributed by atoms with E-state index in [9.17, 15) is 26.4 Å². The van der Waals surface area contributed by atoms with Crippen molar-refractivity contribution in [1.29, 1.82) is 0 Å². The van der Waals surface area contributed by atoms with Gasteiger partial charge in [-0.15, -0.1) is 12.4 Å². The van der Waals surface area contributed by atoms with Crippen LogP contribution in [-0.4, -0.2) is 26.6 Å². The van der Waals surface area contributed by atoms with E-state index in [0.717, 1.165) is 18.4 Å². The van der Waals surface area contributed by atoms with Crippen molar-refractivity contribution in [3.63, 3.8) is 0 Å². The van der Waals surface area contributed by atoms with E-state index in [1.165, 1.54) is 0 Å². The highest BCUT2D eigenvalue weighted by Crippen LogP contribution is 2.34. The molecule has 1 unspecified atom stereocenters. The Hall–Kier alpha value is -1.52. The van der Waals surface area contributed by atoms with Gasteiger partial charge < -0.3 is 11.1 Å². The average molecular weight is 390 g/mol. The molecule has 1 aromatic rings. The minimum absolute atomic E-state index is 0. The predicted octanol–water partition coefficient (Wildman–Crippen LogP) is 2.56. The number of carbonyl (C=O) groups excluding carboxylic acids is 1. The molecule has 138 valence electrons. The Labute approximate surface area is 144 Å². The van der Waals surface area contributed by atoms with Crippen molar-refractivity contribution in [2.24, 2.45) is 5.73 Å². The molecule has 6 nitrogen and oxygen atoms in total. The van der Waals surface area contributed by atoms with Crippen molar-refractivity contribution in [3.05, 3.63) is 23.8 Å². The number of alkyl halides is 3. The van der Waals surface area contributed by atoms with E-state index in [4.69, 9.17) is 5.73 Å². The van der Waals surface area contributed by atoms with Crippen LogP contribution in [0.3, 0.4) is 0 Å². The van der Waals surface area contributed by atoms with E-state index >= 15 is 0 Å². The molecule has 0 aromatic heterocycles. The second-order valence-corrected chi connectivity index (χ2v) is 6.94. The highest BCUT2D eigenvalue weighted by molar-refractivity contribution is 7.92. The third-order valence-electron chi connectivity index (χ3n) is 2.74. The normalized spacial score (nSPS) is 12.9. The van der Waals surface area contributed by atoms with Crippen molar-refractivity contribution >= 4 is 39.7 Å². The van der Waals surface area contributed by atoms with Crippen LogP contribution in [0.25, 0.3) is 0 Å². The first-order valence-corrected chi connectivity index (χ1v) is 8.52. The van der Waals surface area contributed by atoms with E-state index in [0.29, 0.717) is 12.5 Å². The second-order valence-electron chi connectivity index (χ2n) is 5.20. The zero-order valence-electron chi connectivity index (χ0n) is 13.0. The van der Waals surface area contributed by atoms with E-state index in [1.807, 2.05) is 0 Å². The lowest BCUT2D eigenvalue weighted by atomic mass is 10.1. The van der Waals surface area contributed by atoms with Crippen LogP contribution in [0, 0.1) is 0 Å². The van der Waals surface area contributed by atoms with Crippen LogP contribution in [0.5, 0.6) is 0 Å². The maximum absolute atomic E-state index is 12.8. The summed E-state index contributed by atoms with van der Waals surface area (Å²) in [7, 11) is -3.71. The predicted molar refractivity (Wildman–Crippen MR) is 88.7 cm³/mol. The summed E-state index contributed by atoms with van der Waals surface area (Å²) < 4.78 is 62.9. The molecular formula is C13H19ClF3N3O3S. The van der Waals surface area contributed by atoms with Gasteiger partial charge in [0.25, 0.3) is 0 Å². The van der Waals surface area contributed by atoms with Gasteiger partial charge in [-0.3, -0.25) is 9.52 Å². The highest BCUT2D eigenvalue weighted by Gasteiger charge is 2.31.